The van der Waals surface area contributed by atoms with Gasteiger partial charge in [0.15, 0.2) is 18.2 Å². The molecule has 2 amide bonds. The number of aryl methyl sites for hydroxylation is 1. The van der Waals surface area contributed by atoms with Gasteiger partial charge < -0.3 is 20.1 Å². The van der Waals surface area contributed by atoms with Crippen LogP contribution in [0, 0.1) is 18.7 Å². The number of rotatable bonds is 6. The first-order valence-corrected chi connectivity index (χ1v) is 10.6. The van der Waals surface area contributed by atoms with Crippen LogP contribution in [0.1, 0.15) is 23.2 Å². The van der Waals surface area contributed by atoms with Crippen molar-refractivity contribution in [2.45, 2.75) is 32.3 Å². The van der Waals surface area contributed by atoms with Gasteiger partial charge in [-0.1, -0.05) is 0 Å². The Labute approximate surface area is 183 Å². The maximum Gasteiger partial charge on any atom is 0.415 e. The average molecular weight is 442 g/mol. The molecule has 2 N–H and O–H groups in total. The van der Waals surface area contributed by atoms with Crippen LogP contribution in [0.25, 0.3) is 0 Å². The van der Waals surface area contributed by atoms with Crippen LogP contribution in [-0.2, 0) is 22.4 Å². The molecule has 11 heteroatoms. The van der Waals surface area contributed by atoms with E-state index in [2.05, 4.69) is 25.6 Å². The zero-order valence-corrected chi connectivity index (χ0v) is 17.6. The number of anilines is 2. The number of nitrogens with one attached hydrogen (secondary N) is 2. The van der Waals surface area contributed by atoms with Crippen molar-refractivity contribution in [1.82, 2.24) is 20.3 Å². The molecule has 5 rings (SSSR count). The van der Waals surface area contributed by atoms with E-state index in [0.717, 1.165) is 24.1 Å². The van der Waals surface area contributed by atoms with Gasteiger partial charge in [-0.2, -0.15) is 0 Å². The summed E-state index contributed by atoms with van der Waals surface area (Å²) in [5, 5.41) is 5.97. The topological polar surface area (TPSA) is 119 Å². The van der Waals surface area contributed by atoms with Gasteiger partial charge in [0.1, 0.15) is 11.9 Å². The van der Waals surface area contributed by atoms with Crippen molar-refractivity contribution in [3.63, 3.8) is 0 Å². The number of ether oxygens (including phenoxy) is 2. The first kappa shape index (κ1) is 20.6. The van der Waals surface area contributed by atoms with Gasteiger partial charge in [-0.05, 0) is 56.3 Å². The lowest BCUT2D eigenvalue weighted by Crippen LogP contribution is -2.30. The molecule has 1 saturated heterocycles. The summed E-state index contributed by atoms with van der Waals surface area (Å²) in [5.41, 5.74) is 2.23. The van der Waals surface area contributed by atoms with Gasteiger partial charge in [-0.15, -0.1) is 0 Å². The van der Waals surface area contributed by atoms with E-state index in [4.69, 9.17) is 9.47 Å². The second-order valence-corrected chi connectivity index (χ2v) is 8.26. The molecule has 1 aliphatic carbocycles. The van der Waals surface area contributed by atoms with Gasteiger partial charge in [0.2, 0.25) is 0 Å². The van der Waals surface area contributed by atoms with Gasteiger partial charge in [0.05, 0.1) is 18.4 Å². The Kier molecular flexibility index (Phi) is 5.33. The quantitative estimate of drug-likeness (QED) is 0.644. The average Bonchev–Trinajstić information content (AvgIpc) is 3.37. The number of carbonyl (C=O) groups is 2. The number of fused-ring (bicyclic) bond motifs is 2. The molecule has 2 aromatic heterocycles. The fourth-order valence-electron chi connectivity index (χ4n) is 4.30. The Morgan fingerprint density at radius 3 is 3.03 bits per heavy atom. The summed E-state index contributed by atoms with van der Waals surface area (Å²) in [4.78, 5) is 37.7. The Hall–Kier alpha value is -3.34. The molecule has 10 nitrogen and oxygen atoms in total. The monoisotopic (exact) mass is 442 g/mol. The van der Waals surface area contributed by atoms with Crippen molar-refractivity contribution in [1.29, 1.82) is 0 Å². The number of pyridine rings is 1. The highest BCUT2D eigenvalue weighted by molar-refractivity contribution is 5.94. The van der Waals surface area contributed by atoms with Crippen molar-refractivity contribution in [2.24, 2.45) is 5.92 Å². The highest BCUT2D eigenvalue weighted by Gasteiger charge is 2.34. The lowest BCUT2D eigenvalue weighted by molar-refractivity contribution is -0.118. The molecular formula is C21H23FN6O4. The molecule has 1 unspecified atom stereocenters. The molecule has 2 atom stereocenters. The number of carbonyl (C=O) groups excluding carboxylic acids is 2. The van der Waals surface area contributed by atoms with Gasteiger partial charge in [0, 0.05) is 6.20 Å². The second kappa shape index (κ2) is 8.30. The summed E-state index contributed by atoms with van der Waals surface area (Å²) >= 11 is 0. The van der Waals surface area contributed by atoms with Crippen molar-refractivity contribution in [2.75, 3.05) is 36.5 Å². The third-order valence-corrected chi connectivity index (χ3v) is 5.94. The highest BCUT2D eigenvalue weighted by atomic mass is 19.1. The van der Waals surface area contributed by atoms with Gasteiger partial charge in [-0.25, -0.2) is 19.2 Å². The van der Waals surface area contributed by atoms with E-state index in [0.29, 0.717) is 43.4 Å². The third kappa shape index (κ3) is 3.95. The van der Waals surface area contributed by atoms with Crippen LogP contribution in [0.3, 0.4) is 0 Å². The van der Waals surface area contributed by atoms with Crippen molar-refractivity contribution >= 4 is 23.6 Å². The molecule has 1 fully saturated rings. The minimum absolute atomic E-state index is 0.111. The number of halogens is 1. The minimum Gasteiger partial charge on any atom is -0.465 e. The Bertz CT molecular complexity index is 1080. The smallest absolute Gasteiger partial charge is 0.415 e. The van der Waals surface area contributed by atoms with Crippen LogP contribution in [0.15, 0.2) is 12.4 Å². The van der Waals surface area contributed by atoms with E-state index < -0.39 is 6.09 Å². The van der Waals surface area contributed by atoms with E-state index in [1.807, 2.05) is 0 Å². The number of nitrogens with zero attached hydrogens (tertiary/aromatic N) is 4. The largest absolute Gasteiger partial charge is 0.465 e. The summed E-state index contributed by atoms with van der Waals surface area (Å²) in [6.07, 6.45) is 4.57. The molecule has 2 aliphatic heterocycles. The van der Waals surface area contributed by atoms with Crippen LogP contribution >= 0.6 is 0 Å². The standard InChI is InChI=1S/C21H23FN6O4/c1-11-18(22)15-5-12(4-13(15)7-24-11)6-23-3-2-14-9-28(21(30)32-14)16-8-25-20-19(26-16)27-17(29)10-31-20/h7-8,12,14,23H,2-6,9-10H2,1H3,(H,26,27,29)/t12?,14-/m1/s1. The predicted molar refractivity (Wildman–Crippen MR) is 111 cm³/mol. The van der Waals surface area contributed by atoms with E-state index in [9.17, 15) is 14.0 Å². The zero-order valence-electron chi connectivity index (χ0n) is 17.6. The molecule has 0 radical (unpaired) electrons. The normalized spacial score (nSPS) is 21.6. The van der Waals surface area contributed by atoms with Gasteiger partial charge >= 0.3 is 6.09 Å². The van der Waals surface area contributed by atoms with Crippen LogP contribution in [-0.4, -0.2) is 59.3 Å². The van der Waals surface area contributed by atoms with Gasteiger partial charge in [0.25, 0.3) is 11.8 Å². The van der Waals surface area contributed by atoms with Crippen molar-refractivity contribution in [3.8, 4) is 5.88 Å². The van der Waals surface area contributed by atoms with Crippen LogP contribution in [0.2, 0.25) is 0 Å². The van der Waals surface area contributed by atoms with E-state index in [1.54, 1.807) is 13.1 Å². The fourth-order valence-corrected chi connectivity index (χ4v) is 4.30. The lowest BCUT2D eigenvalue weighted by Gasteiger charge is -2.18. The number of cyclic esters (lactones) is 1. The maximum absolute atomic E-state index is 14.2. The molecule has 0 spiro atoms. The fraction of sp³-hybridized carbons (Fsp3) is 0.476. The SMILES string of the molecule is Cc1ncc2c(c1F)CC(CNCC[C@@H]1CN(c3cnc4c(n3)NC(=O)CO4)C(=O)O1)C2. The summed E-state index contributed by atoms with van der Waals surface area (Å²) < 4.78 is 24.9. The number of aromatic nitrogens is 3. The Morgan fingerprint density at radius 1 is 1.28 bits per heavy atom. The summed E-state index contributed by atoms with van der Waals surface area (Å²) in [5.74, 6) is 0.534. The third-order valence-electron chi connectivity index (χ3n) is 5.94. The molecule has 2 aromatic rings. The Morgan fingerprint density at radius 2 is 2.16 bits per heavy atom. The van der Waals surface area contributed by atoms with Gasteiger partial charge in [-0.3, -0.25) is 14.7 Å². The molecule has 3 aliphatic rings. The Balaban J connectivity index is 1.10. The summed E-state index contributed by atoms with van der Waals surface area (Å²) in [6, 6.07) is 0. The van der Waals surface area contributed by atoms with E-state index >= 15 is 0 Å². The molecule has 32 heavy (non-hydrogen) atoms. The van der Waals surface area contributed by atoms with Crippen LogP contribution in [0.5, 0.6) is 5.88 Å². The molecule has 0 aromatic carbocycles. The second-order valence-electron chi connectivity index (χ2n) is 8.26. The summed E-state index contributed by atoms with van der Waals surface area (Å²) in [7, 11) is 0. The van der Waals surface area contributed by atoms with Crippen molar-refractivity contribution < 1.29 is 23.5 Å². The zero-order chi connectivity index (χ0) is 22.2. The van der Waals surface area contributed by atoms with Crippen molar-refractivity contribution in [3.05, 3.63) is 35.0 Å². The minimum atomic E-state index is -0.503. The molecule has 0 bridgehead atoms. The summed E-state index contributed by atoms with van der Waals surface area (Å²) in [6.45, 7) is 3.34. The first-order valence-electron chi connectivity index (χ1n) is 10.6. The molecule has 0 saturated carbocycles. The lowest BCUT2D eigenvalue weighted by atomic mass is 10.1. The maximum atomic E-state index is 14.2. The van der Waals surface area contributed by atoms with E-state index in [1.165, 1.54) is 11.1 Å². The van der Waals surface area contributed by atoms with Crippen LogP contribution < -0.4 is 20.3 Å². The molecular weight excluding hydrogens is 419 g/mol. The number of hydrogen-bond donors (Lipinski definition) is 2. The van der Waals surface area contributed by atoms with Crippen LogP contribution in [0.4, 0.5) is 20.8 Å². The number of hydrogen-bond acceptors (Lipinski definition) is 8. The van der Waals surface area contributed by atoms with E-state index in [-0.39, 0.29) is 36.1 Å². The first-order chi connectivity index (χ1) is 15.5. The number of amides is 2. The molecule has 168 valence electrons. The highest BCUT2D eigenvalue weighted by Crippen LogP contribution is 2.30. The molecule has 4 heterocycles. The predicted octanol–water partition coefficient (Wildman–Crippen LogP) is 1.37.